The van der Waals surface area contributed by atoms with E-state index >= 15 is 0 Å². The fourth-order valence-corrected chi connectivity index (χ4v) is 4.78. The molecule has 1 aromatic carbocycles. The SMILES string of the molecule is O=C1Cc2ccc(CC(=O)N3CCC[C@@H]3[C@H]3CCCC[C@H]3O)cc2N1. The fourth-order valence-electron chi connectivity index (χ4n) is 4.78. The number of amides is 2. The van der Waals surface area contributed by atoms with Gasteiger partial charge in [-0.2, -0.15) is 0 Å². The molecule has 5 nitrogen and oxygen atoms in total. The second-order valence-corrected chi connectivity index (χ2v) is 7.71. The summed E-state index contributed by atoms with van der Waals surface area (Å²) in [5.74, 6) is 0.397. The first-order valence-corrected chi connectivity index (χ1v) is 9.51. The fraction of sp³-hybridized carbons (Fsp3) is 0.600. The van der Waals surface area contributed by atoms with Gasteiger partial charge in [0, 0.05) is 24.2 Å². The molecule has 25 heavy (non-hydrogen) atoms. The van der Waals surface area contributed by atoms with Gasteiger partial charge in [-0.15, -0.1) is 0 Å². The van der Waals surface area contributed by atoms with Crippen LogP contribution in [0.25, 0.3) is 0 Å². The molecule has 1 saturated heterocycles. The standard InChI is InChI=1S/C20H26N2O3/c23-18-6-2-1-4-15(18)17-5-3-9-22(17)20(25)11-13-7-8-14-12-19(24)21-16(14)10-13/h7-8,10,15,17-18,23H,1-6,9,11-12H2,(H,21,24)/t15-,17-,18-/m1/s1. The molecule has 1 aromatic rings. The van der Waals surface area contributed by atoms with Gasteiger partial charge in [0.25, 0.3) is 0 Å². The van der Waals surface area contributed by atoms with Crippen molar-refractivity contribution in [2.75, 3.05) is 11.9 Å². The number of nitrogens with one attached hydrogen (secondary N) is 1. The van der Waals surface area contributed by atoms with Crippen molar-refractivity contribution in [1.82, 2.24) is 4.90 Å². The zero-order valence-corrected chi connectivity index (χ0v) is 14.5. The molecule has 2 aliphatic heterocycles. The molecule has 134 valence electrons. The van der Waals surface area contributed by atoms with Crippen LogP contribution in [0.15, 0.2) is 18.2 Å². The number of benzene rings is 1. The van der Waals surface area contributed by atoms with Crippen LogP contribution in [-0.4, -0.2) is 40.5 Å². The molecule has 2 fully saturated rings. The van der Waals surface area contributed by atoms with Crippen molar-refractivity contribution in [2.45, 2.75) is 63.5 Å². The number of carbonyl (C=O) groups excluding carboxylic acids is 2. The van der Waals surface area contributed by atoms with Gasteiger partial charge < -0.3 is 15.3 Å². The van der Waals surface area contributed by atoms with Crippen molar-refractivity contribution in [3.05, 3.63) is 29.3 Å². The van der Waals surface area contributed by atoms with E-state index in [4.69, 9.17) is 0 Å². The van der Waals surface area contributed by atoms with E-state index < -0.39 is 0 Å². The molecule has 3 aliphatic rings. The minimum Gasteiger partial charge on any atom is -0.393 e. The van der Waals surface area contributed by atoms with Gasteiger partial charge >= 0.3 is 0 Å². The van der Waals surface area contributed by atoms with Gasteiger partial charge in [-0.05, 0) is 42.9 Å². The summed E-state index contributed by atoms with van der Waals surface area (Å²) in [6.45, 7) is 0.800. The topological polar surface area (TPSA) is 69.6 Å². The highest BCUT2D eigenvalue weighted by Gasteiger charge is 2.38. The van der Waals surface area contributed by atoms with E-state index in [1.807, 2.05) is 23.1 Å². The highest BCUT2D eigenvalue weighted by atomic mass is 16.3. The van der Waals surface area contributed by atoms with Crippen LogP contribution in [0, 0.1) is 5.92 Å². The van der Waals surface area contributed by atoms with Gasteiger partial charge in [0.15, 0.2) is 0 Å². The average molecular weight is 342 g/mol. The summed E-state index contributed by atoms with van der Waals surface area (Å²) in [7, 11) is 0. The summed E-state index contributed by atoms with van der Waals surface area (Å²) >= 11 is 0. The van der Waals surface area contributed by atoms with Crippen molar-refractivity contribution in [2.24, 2.45) is 5.92 Å². The first-order valence-electron chi connectivity index (χ1n) is 9.51. The van der Waals surface area contributed by atoms with Crippen LogP contribution in [0.2, 0.25) is 0 Å². The Kier molecular flexibility index (Phi) is 4.50. The average Bonchev–Trinajstić information content (AvgIpc) is 3.20. The Morgan fingerprint density at radius 1 is 1.20 bits per heavy atom. The van der Waals surface area contributed by atoms with E-state index in [0.29, 0.717) is 12.8 Å². The van der Waals surface area contributed by atoms with Gasteiger partial charge in [-0.25, -0.2) is 0 Å². The van der Waals surface area contributed by atoms with Gasteiger partial charge in [-0.1, -0.05) is 25.0 Å². The van der Waals surface area contributed by atoms with E-state index in [-0.39, 0.29) is 29.9 Å². The quantitative estimate of drug-likeness (QED) is 0.885. The molecular weight excluding hydrogens is 316 g/mol. The monoisotopic (exact) mass is 342 g/mol. The molecule has 2 N–H and O–H groups in total. The van der Waals surface area contributed by atoms with Crippen LogP contribution in [0.5, 0.6) is 0 Å². The third kappa shape index (κ3) is 3.30. The Hall–Kier alpha value is -1.88. The number of hydrogen-bond acceptors (Lipinski definition) is 3. The lowest BCUT2D eigenvalue weighted by atomic mass is 9.80. The highest BCUT2D eigenvalue weighted by Crippen LogP contribution is 2.35. The summed E-state index contributed by atoms with van der Waals surface area (Å²) in [4.78, 5) is 26.4. The van der Waals surface area contributed by atoms with Crippen molar-refractivity contribution in [3.63, 3.8) is 0 Å². The molecule has 2 amide bonds. The molecule has 4 rings (SSSR count). The second kappa shape index (κ2) is 6.79. The van der Waals surface area contributed by atoms with Crippen LogP contribution < -0.4 is 5.32 Å². The van der Waals surface area contributed by atoms with E-state index in [1.165, 1.54) is 0 Å². The largest absolute Gasteiger partial charge is 0.393 e. The molecule has 2 heterocycles. The summed E-state index contributed by atoms with van der Waals surface area (Å²) in [5.41, 5.74) is 2.79. The van der Waals surface area contributed by atoms with Gasteiger partial charge in [0.1, 0.15) is 0 Å². The molecule has 0 unspecified atom stereocenters. The maximum Gasteiger partial charge on any atom is 0.228 e. The van der Waals surface area contributed by atoms with E-state index in [2.05, 4.69) is 5.32 Å². The first kappa shape index (κ1) is 16.6. The van der Waals surface area contributed by atoms with Crippen LogP contribution >= 0.6 is 0 Å². The number of hydrogen-bond donors (Lipinski definition) is 2. The molecule has 1 aliphatic carbocycles. The van der Waals surface area contributed by atoms with E-state index in [0.717, 1.165) is 61.9 Å². The number of aliphatic hydroxyl groups excluding tert-OH is 1. The Labute approximate surface area is 148 Å². The van der Waals surface area contributed by atoms with Crippen LogP contribution in [0.4, 0.5) is 5.69 Å². The van der Waals surface area contributed by atoms with Crippen LogP contribution in [0.1, 0.15) is 49.7 Å². The van der Waals surface area contributed by atoms with E-state index in [1.54, 1.807) is 0 Å². The molecular formula is C20H26N2O3. The third-order valence-electron chi connectivity index (χ3n) is 6.05. The molecule has 5 heteroatoms. The number of nitrogens with zero attached hydrogens (tertiary/aromatic N) is 1. The number of carbonyl (C=O) groups is 2. The Morgan fingerprint density at radius 2 is 2.04 bits per heavy atom. The molecule has 0 aromatic heterocycles. The summed E-state index contributed by atoms with van der Waals surface area (Å²) in [6.07, 6.45) is 6.72. The lowest BCUT2D eigenvalue weighted by molar-refractivity contribution is -0.133. The minimum absolute atomic E-state index is 0.0179. The van der Waals surface area contributed by atoms with Crippen molar-refractivity contribution >= 4 is 17.5 Å². The third-order valence-corrected chi connectivity index (χ3v) is 6.05. The number of aliphatic hydroxyl groups is 1. The number of rotatable bonds is 3. The van der Waals surface area contributed by atoms with Crippen molar-refractivity contribution < 1.29 is 14.7 Å². The first-order chi connectivity index (χ1) is 12.1. The van der Waals surface area contributed by atoms with Crippen LogP contribution in [0.3, 0.4) is 0 Å². The predicted molar refractivity (Wildman–Crippen MR) is 95.2 cm³/mol. The zero-order valence-electron chi connectivity index (χ0n) is 14.5. The van der Waals surface area contributed by atoms with E-state index in [9.17, 15) is 14.7 Å². The maximum absolute atomic E-state index is 12.9. The maximum atomic E-state index is 12.9. The summed E-state index contributed by atoms with van der Waals surface area (Å²) in [5, 5.41) is 13.2. The Morgan fingerprint density at radius 3 is 2.88 bits per heavy atom. The zero-order chi connectivity index (χ0) is 17.4. The normalized spacial score (nSPS) is 28.8. The van der Waals surface area contributed by atoms with Gasteiger partial charge in [0.05, 0.1) is 18.9 Å². The number of likely N-dealkylation sites (tertiary alicyclic amines) is 1. The smallest absolute Gasteiger partial charge is 0.228 e. The highest BCUT2D eigenvalue weighted by molar-refractivity contribution is 5.99. The van der Waals surface area contributed by atoms with Crippen molar-refractivity contribution in [3.8, 4) is 0 Å². The lowest BCUT2D eigenvalue weighted by Gasteiger charge is -2.37. The lowest BCUT2D eigenvalue weighted by Crippen LogP contribution is -2.45. The molecule has 0 spiro atoms. The van der Waals surface area contributed by atoms with Gasteiger partial charge in [0.2, 0.25) is 11.8 Å². The van der Waals surface area contributed by atoms with Gasteiger partial charge in [-0.3, -0.25) is 9.59 Å². The molecule has 0 bridgehead atoms. The number of anilines is 1. The summed E-state index contributed by atoms with van der Waals surface area (Å²) in [6, 6.07) is 6.02. The molecule has 0 radical (unpaired) electrons. The molecule has 3 atom stereocenters. The van der Waals surface area contributed by atoms with Crippen molar-refractivity contribution in [1.29, 1.82) is 0 Å². The minimum atomic E-state index is -0.262. The Balaban J connectivity index is 1.45. The Bertz CT molecular complexity index is 688. The molecule has 1 saturated carbocycles. The van der Waals surface area contributed by atoms with Crippen LogP contribution in [-0.2, 0) is 22.4 Å². The second-order valence-electron chi connectivity index (χ2n) is 7.71. The predicted octanol–water partition coefficient (Wildman–Crippen LogP) is 2.27. The summed E-state index contributed by atoms with van der Waals surface area (Å²) < 4.78 is 0. The number of fused-ring (bicyclic) bond motifs is 1.